The molecule has 0 amide bonds. The van der Waals surface area contributed by atoms with Crippen molar-refractivity contribution in [3.63, 3.8) is 0 Å². The van der Waals surface area contributed by atoms with E-state index in [0.717, 1.165) is 41.3 Å². The number of aliphatic hydroxyl groups excluding tert-OH is 1. The summed E-state index contributed by atoms with van der Waals surface area (Å²) in [5, 5.41) is 13.7. The summed E-state index contributed by atoms with van der Waals surface area (Å²) >= 11 is 1.70. The number of aryl methyl sites for hydroxylation is 1. The SMILES string of the molecule is Cc1csc(CC(O)CC23CC4CC(CC(C4)C2)C3)n1. The van der Waals surface area contributed by atoms with Crippen LogP contribution in [-0.4, -0.2) is 16.2 Å². The molecule has 4 bridgehead atoms. The highest BCUT2D eigenvalue weighted by atomic mass is 32.1. The number of nitrogens with zero attached hydrogens (tertiary/aromatic N) is 1. The van der Waals surface area contributed by atoms with Crippen LogP contribution in [0.4, 0.5) is 0 Å². The van der Waals surface area contributed by atoms with E-state index >= 15 is 0 Å². The summed E-state index contributed by atoms with van der Waals surface area (Å²) in [4.78, 5) is 4.50. The molecule has 1 atom stereocenters. The van der Waals surface area contributed by atoms with Gasteiger partial charge < -0.3 is 5.11 Å². The molecular formula is C17H25NOS. The Labute approximate surface area is 125 Å². The summed E-state index contributed by atoms with van der Waals surface area (Å²) in [5.41, 5.74) is 1.58. The molecule has 4 fully saturated rings. The number of rotatable bonds is 4. The van der Waals surface area contributed by atoms with Gasteiger partial charge in [0, 0.05) is 17.5 Å². The highest BCUT2D eigenvalue weighted by Crippen LogP contribution is 2.61. The van der Waals surface area contributed by atoms with Crippen LogP contribution in [-0.2, 0) is 6.42 Å². The van der Waals surface area contributed by atoms with Crippen LogP contribution in [0.15, 0.2) is 5.38 Å². The molecule has 0 aromatic carbocycles. The number of thiazole rings is 1. The van der Waals surface area contributed by atoms with E-state index in [1.54, 1.807) is 11.3 Å². The third-order valence-electron chi connectivity index (χ3n) is 5.91. The standard InChI is InChI=1S/C17H25NOS/c1-11-10-20-16(18-11)5-15(19)9-17-6-12-2-13(7-17)4-14(3-12)8-17/h10,12-15,19H,2-9H2,1H3. The van der Waals surface area contributed by atoms with E-state index in [-0.39, 0.29) is 6.10 Å². The summed E-state index contributed by atoms with van der Waals surface area (Å²) in [6.45, 7) is 2.03. The Morgan fingerprint density at radius 2 is 1.85 bits per heavy atom. The lowest BCUT2D eigenvalue weighted by molar-refractivity contribution is -0.0756. The van der Waals surface area contributed by atoms with Crippen LogP contribution in [0.1, 0.15) is 55.6 Å². The fourth-order valence-corrected chi connectivity index (χ4v) is 6.65. The summed E-state index contributed by atoms with van der Waals surface area (Å²) in [6.07, 6.45) is 10.3. The Balaban J connectivity index is 1.43. The molecule has 4 aliphatic carbocycles. The smallest absolute Gasteiger partial charge is 0.0953 e. The van der Waals surface area contributed by atoms with E-state index in [4.69, 9.17) is 0 Å². The Hall–Kier alpha value is -0.410. The van der Waals surface area contributed by atoms with Gasteiger partial charge in [-0.3, -0.25) is 0 Å². The molecule has 1 heterocycles. The van der Waals surface area contributed by atoms with Crippen molar-refractivity contribution >= 4 is 11.3 Å². The fraction of sp³-hybridized carbons (Fsp3) is 0.824. The lowest BCUT2D eigenvalue weighted by atomic mass is 9.48. The summed E-state index contributed by atoms with van der Waals surface area (Å²) in [5.74, 6) is 2.95. The third kappa shape index (κ3) is 2.43. The second-order valence-corrected chi connectivity index (χ2v) is 8.80. The molecule has 2 nitrogen and oxygen atoms in total. The summed E-state index contributed by atoms with van der Waals surface area (Å²) in [7, 11) is 0. The maximum Gasteiger partial charge on any atom is 0.0953 e. The molecule has 5 rings (SSSR count). The number of hydrogen-bond acceptors (Lipinski definition) is 3. The van der Waals surface area contributed by atoms with Gasteiger partial charge in [0.2, 0.25) is 0 Å². The van der Waals surface area contributed by atoms with Crippen molar-refractivity contribution in [2.75, 3.05) is 0 Å². The molecule has 110 valence electrons. The first-order valence-corrected chi connectivity index (χ1v) is 9.07. The van der Waals surface area contributed by atoms with Gasteiger partial charge in [-0.2, -0.15) is 0 Å². The van der Waals surface area contributed by atoms with E-state index in [1.165, 1.54) is 38.5 Å². The summed E-state index contributed by atoms with van der Waals surface area (Å²) in [6, 6.07) is 0. The molecule has 0 spiro atoms. The zero-order valence-corrected chi connectivity index (χ0v) is 13.2. The Bertz CT molecular complexity index is 460. The second kappa shape index (κ2) is 4.81. The molecule has 3 heteroatoms. The highest BCUT2D eigenvalue weighted by Gasteiger charge is 2.51. The minimum atomic E-state index is -0.184. The molecule has 0 radical (unpaired) electrons. The van der Waals surface area contributed by atoms with Gasteiger partial charge in [-0.25, -0.2) is 4.98 Å². The molecule has 0 aliphatic heterocycles. The highest BCUT2D eigenvalue weighted by molar-refractivity contribution is 7.09. The van der Waals surface area contributed by atoms with Crippen molar-refractivity contribution in [2.24, 2.45) is 23.2 Å². The quantitative estimate of drug-likeness (QED) is 0.911. The van der Waals surface area contributed by atoms with Crippen molar-refractivity contribution in [3.05, 3.63) is 16.1 Å². The molecule has 1 aromatic rings. The van der Waals surface area contributed by atoms with Crippen molar-refractivity contribution in [3.8, 4) is 0 Å². The second-order valence-electron chi connectivity index (χ2n) is 7.86. The molecule has 1 aromatic heterocycles. The van der Waals surface area contributed by atoms with Crippen LogP contribution in [0.2, 0.25) is 0 Å². The average Bonchev–Trinajstić information content (AvgIpc) is 2.71. The van der Waals surface area contributed by atoms with Gasteiger partial charge in [-0.15, -0.1) is 11.3 Å². The van der Waals surface area contributed by atoms with E-state index < -0.39 is 0 Å². The number of hydrogen-bond donors (Lipinski definition) is 1. The maximum atomic E-state index is 10.5. The number of aromatic nitrogens is 1. The lowest BCUT2D eigenvalue weighted by Gasteiger charge is -2.57. The van der Waals surface area contributed by atoms with Gasteiger partial charge in [0.25, 0.3) is 0 Å². The van der Waals surface area contributed by atoms with E-state index in [9.17, 15) is 5.11 Å². The Kier molecular flexibility index (Phi) is 3.19. The largest absolute Gasteiger partial charge is 0.393 e. The van der Waals surface area contributed by atoms with Crippen molar-refractivity contribution in [2.45, 2.75) is 64.4 Å². The van der Waals surface area contributed by atoms with Crippen LogP contribution in [0, 0.1) is 30.1 Å². The Morgan fingerprint density at radius 1 is 1.25 bits per heavy atom. The van der Waals surface area contributed by atoms with Crippen LogP contribution in [0.25, 0.3) is 0 Å². The predicted octanol–water partition coefficient (Wildman–Crippen LogP) is 3.96. The summed E-state index contributed by atoms with van der Waals surface area (Å²) < 4.78 is 0. The normalized spacial score (nSPS) is 40.2. The minimum absolute atomic E-state index is 0.184. The van der Waals surface area contributed by atoms with Gasteiger partial charge in [-0.05, 0) is 75.0 Å². The van der Waals surface area contributed by atoms with Crippen molar-refractivity contribution in [1.29, 1.82) is 0 Å². The first-order chi connectivity index (χ1) is 9.60. The fourth-order valence-electron chi connectivity index (χ4n) is 5.81. The molecule has 1 N–H and O–H groups in total. The average molecular weight is 291 g/mol. The van der Waals surface area contributed by atoms with Gasteiger partial charge >= 0.3 is 0 Å². The van der Waals surface area contributed by atoms with Gasteiger partial charge in [0.1, 0.15) is 0 Å². The maximum absolute atomic E-state index is 10.5. The van der Waals surface area contributed by atoms with Crippen molar-refractivity contribution in [1.82, 2.24) is 4.98 Å². The van der Waals surface area contributed by atoms with Crippen LogP contribution in [0.5, 0.6) is 0 Å². The molecule has 1 unspecified atom stereocenters. The van der Waals surface area contributed by atoms with E-state index in [0.29, 0.717) is 5.41 Å². The van der Waals surface area contributed by atoms with Crippen LogP contribution in [0.3, 0.4) is 0 Å². The first-order valence-electron chi connectivity index (χ1n) is 8.19. The molecule has 0 saturated heterocycles. The first kappa shape index (κ1) is 13.3. The third-order valence-corrected chi connectivity index (χ3v) is 6.90. The van der Waals surface area contributed by atoms with Gasteiger partial charge in [-0.1, -0.05) is 0 Å². The monoisotopic (exact) mass is 291 g/mol. The number of aliphatic hydroxyl groups is 1. The molecule has 4 aliphatic rings. The molecule has 4 saturated carbocycles. The zero-order chi connectivity index (χ0) is 13.7. The molecule has 20 heavy (non-hydrogen) atoms. The topological polar surface area (TPSA) is 33.1 Å². The molecular weight excluding hydrogens is 266 g/mol. The van der Waals surface area contributed by atoms with Crippen molar-refractivity contribution < 1.29 is 5.11 Å². The van der Waals surface area contributed by atoms with Crippen LogP contribution < -0.4 is 0 Å². The predicted molar refractivity (Wildman–Crippen MR) is 81.8 cm³/mol. The zero-order valence-electron chi connectivity index (χ0n) is 12.3. The van der Waals surface area contributed by atoms with E-state index in [1.807, 2.05) is 6.92 Å². The van der Waals surface area contributed by atoms with Gasteiger partial charge in [0.15, 0.2) is 0 Å². The van der Waals surface area contributed by atoms with E-state index in [2.05, 4.69) is 10.4 Å². The van der Waals surface area contributed by atoms with Gasteiger partial charge in [0.05, 0.1) is 11.1 Å². The lowest BCUT2D eigenvalue weighted by Crippen LogP contribution is -2.47. The Morgan fingerprint density at radius 3 is 2.35 bits per heavy atom. The minimum Gasteiger partial charge on any atom is -0.393 e. The van der Waals surface area contributed by atoms with Crippen LogP contribution >= 0.6 is 11.3 Å².